The Hall–Kier alpha value is -1.49. The highest BCUT2D eigenvalue weighted by atomic mass is 16.4. The first-order valence-electron chi connectivity index (χ1n) is 5.00. The fraction of sp³-hybridized carbons (Fsp3) is 0.500. The fourth-order valence-corrected chi connectivity index (χ4v) is 1.98. The van der Waals surface area contributed by atoms with E-state index >= 15 is 0 Å². The normalized spacial score (nSPS) is 26.1. The molecule has 0 saturated carbocycles. The quantitative estimate of drug-likeness (QED) is 0.742. The molecule has 80 valence electrons. The Balaban J connectivity index is 2.22. The van der Waals surface area contributed by atoms with Gasteiger partial charge in [0.05, 0.1) is 5.92 Å². The van der Waals surface area contributed by atoms with Gasteiger partial charge < -0.3 is 10.4 Å². The maximum absolute atomic E-state index is 11.1. The SMILES string of the molecule is O=C(O)C1CCCNC1c1cncnc1. The van der Waals surface area contributed by atoms with Crippen molar-refractivity contribution in [1.82, 2.24) is 15.3 Å². The van der Waals surface area contributed by atoms with Gasteiger partial charge in [-0.25, -0.2) is 9.97 Å². The van der Waals surface area contributed by atoms with Crippen molar-refractivity contribution in [2.75, 3.05) is 6.54 Å². The third kappa shape index (κ3) is 2.12. The summed E-state index contributed by atoms with van der Waals surface area (Å²) in [6.45, 7) is 0.851. The maximum Gasteiger partial charge on any atom is 0.308 e. The summed E-state index contributed by atoms with van der Waals surface area (Å²) in [6, 6.07) is -0.155. The van der Waals surface area contributed by atoms with Crippen LogP contribution in [0.3, 0.4) is 0 Å². The molecule has 0 radical (unpaired) electrons. The zero-order valence-corrected chi connectivity index (χ0v) is 8.26. The van der Waals surface area contributed by atoms with Crippen molar-refractivity contribution in [3.63, 3.8) is 0 Å². The summed E-state index contributed by atoms with van der Waals surface area (Å²) in [7, 11) is 0. The third-order valence-electron chi connectivity index (χ3n) is 2.72. The van der Waals surface area contributed by atoms with Gasteiger partial charge in [0.2, 0.25) is 0 Å². The van der Waals surface area contributed by atoms with Crippen molar-refractivity contribution < 1.29 is 9.90 Å². The van der Waals surface area contributed by atoms with Crippen LogP contribution in [0.15, 0.2) is 18.7 Å². The van der Waals surface area contributed by atoms with Crippen molar-refractivity contribution in [2.24, 2.45) is 5.92 Å². The highest BCUT2D eigenvalue weighted by molar-refractivity contribution is 5.71. The van der Waals surface area contributed by atoms with Crippen LogP contribution in [0.5, 0.6) is 0 Å². The predicted molar refractivity (Wildman–Crippen MR) is 53.1 cm³/mol. The lowest BCUT2D eigenvalue weighted by Crippen LogP contribution is -2.38. The summed E-state index contributed by atoms with van der Waals surface area (Å²) in [6.07, 6.45) is 6.41. The molecule has 2 rings (SSSR count). The molecule has 2 unspecified atom stereocenters. The molecule has 5 nitrogen and oxygen atoms in total. The lowest BCUT2D eigenvalue weighted by Gasteiger charge is -2.29. The van der Waals surface area contributed by atoms with Crippen molar-refractivity contribution in [3.05, 3.63) is 24.3 Å². The van der Waals surface area contributed by atoms with Crippen molar-refractivity contribution >= 4 is 5.97 Å². The van der Waals surface area contributed by atoms with Gasteiger partial charge >= 0.3 is 5.97 Å². The first-order chi connectivity index (χ1) is 7.29. The van der Waals surface area contributed by atoms with E-state index in [2.05, 4.69) is 15.3 Å². The van der Waals surface area contributed by atoms with E-state index in [1.165, 1.54) is 6.33 Å². The Morgan fingerprint density at radius 2 is 2.20 bits per heavy atom. The number of hydrogen-bond acceptors (Lipinski definition) is 4. The number of aliphatic carboxylic acids is 1. The highest BCUT2D eigenvalue weighted by Crippen LogP contribution is 2.28. The molecule has 0 bridgehead atoms. The number of carboxylic acids is 1. The molecule has 1 saturated heterocycles. The summed E-state index contributed by atoms with van der Waals surface area (Å²) in [5, 5.41) is 12.3. The van der Waals surface area contributed by atoms with E-state index in [4.69, 9.17) is 5.11 Å². The van der Waals surface area contributed by atoms with E-state index in [0.717, 1.165) is 18.5 Å². The molecule has 2 heterocycles. The largest absolute Gasteiger partial charge is 0.481 e. The number of piperidine rings is 1. The van der Waals surface area contributed by atoms with Crippen LogP contribution in [0.2, 0.25) is 0 Å². The minimum atomic E-state index is -0.754. The van der Waals surface area contributed by atoms with E-state index in [0.29, 0.717) is 6.42 Å². The first-order valence-corrected chi connectivity index (χ1v) is 5.00. The van der Waals surface area contributed by atoms with Crippen LogP contribution in [-0.2, 0) is 4.79 Å². The Labute approximate surface area is 87.6 Å². The van der Waals surface area contributed by atoms with Gasteiger partial charge in [-0.05, 0) is 19.4 Å². The lowest BCUT2D eigenvalue weighted by molar-refractivity contribution is -0.143. The number of carbonyl (C=O) groups is 1. The number of aromatic nitrogens is 2. The van der Waals surface area contributed by atoms with E-state index in [9.17, 15) is 4.79 Å². The Morgan fingerprint density at radius 3 is 2.87 bits per heavy atom. The zero-order chi connectivity index (χ0) is 10.7. The van der Waals surface area contributed by atoms with Gasteiger partial charge in [0.25, 0.3) is 0 Å². The van der Waals surface area contributed by atoms with Crippen LogP contribution < -0.4 is 5.32 Å². The molecule has 15 heavy (non-hydrogen) atoms. The molecule has 2 atom stereocenters. The number of carboxylic acid groups (broad SMARTS) is 1. The highest BCUT2D eigenvalue weighted by Gasteiger charge is 2.31. The molecule has 0 aliphatic carbocycles. The van der Waals surface area contributed by atoms with Gasteiger partial charge in [0.15, 0.2) is 0 Å². The van der Waals surface area contributed by atoms with Crippen molar-refractivity contribution in [2.45, 2.75) is 18.9 Å². The summed E-state index contributed by atoms with van der Waals surface area (Å²) in [5.41, 5.74) is 0.851. The second-order valence-corrected chi connectivity index (χ2v) is 3.69. The first kappa shape index (κ1) is 10.0. The molecule has 1 fully saturated rings. The number of rotatable bonds is 2. The standard InChI is InChI=1S/C10H13N3O2/c14-10(15)8-2-1-3-13-9(8)7-4-11-6-12-5-7/h4-6,8-9,13H,1-3H2,(H,14,15). The van der Waals surface area contributed by atoms with E-state index in [1.807, 2.05) is 0 Å². The fourth-order valence-electron chi connectivity index (χ4n) is 1.98. The lowest BCUT2D eigenvalue weighted by atomic mass is 9.87. The predicted octanol–water partition coefficient (Wildman–Crippen LogP) is 0.602. The average molecular weight is 207 g/mol. The number of hydrogen-bond donors (Lipinski definition) is 2. The second-order valence-electron chi connectivity index (χ2n) is 3.69. The van der Waals surface area contributed by atoms with E-state index in [-0.39, 0.29) is 12.0 Å². The summed E-state index contributed by atoms with van der Waals surface area (Å²) in [5.74, 6) is -1.12. The number of nitrogens with one attached hydrogen (secondary N) is 1. The molecular formula is C10H13N3O2. The van der Waals surface area contributed by atoms with Crippen molar-refractivity contribution in [1.29, 1.82) is 0 Å². The van der Waals surface area contributed by atoms with Gasteiger partial charge in [0.1, 0.15) is 6.33 Å². The topological polar surface area (TPSA) is 75.1 Å². The van der Waals surface area contributed by atoms with Crippen LogP contribution >= 0.6 is 0 Å². The number of nitrogens with zero attached hydrogens (tertiary/aromatic N) is 2. The monoisotopic (exact) mass is 207 g/mol. The van der Waals surface area contributed by atoms with Gasteiger partial charge in [-0.3, -0.25) is 4.79 Å². The van der Waals surface area contributed by atoms with Gasteiger partial charge in [-0.1, -0.05) is 0 Å². The van der Waals surface area contributed by atoms with Crippen LogP contribution in [0.4, 0.5) is 0 Å². The minimum Gasteiger partial charge on any atom is -0.481 e. The van der Waals surface area contributed by atoms with Crippen LogP contribution in [0.1, 0.15) is 24.4 Å². The third-order valence-corrected chi connectivity index (χ3v) is 2.72. The van der Waals surface area contributed by atoms with Gasteiger partial charge in [-0.2, -0.15) is 0 Å². The van der Waals surface area contributed by atoms with Crippen molar-refractivity contribution in [3.8, 4) is 0 Å². The smallest absolute Gasteiger partial charge is 0.308 e. The summed E-state index contributed by atoms with van der Waals surface area (Å²) < 4.78 is 0. The maximum atomic E-state index is 11.1. The molecular weight excluding hydrogens is 194 g/mol. The second kappa shape index (κ2) is 4.35. The molecule has 1 aliphatic rings. The van der Waals surface area contributed by atoms with Gasteiger partial charge in [0, 0.05) is 24.0 Å². The van der Waals surface area contributed by atoms with Gasteiger partial charge in [-0.15, -0.1) is 0 Å². The molecule has 2 N–H and O–H groups in total. The zero-order valence-electron chi connectivity index (χ0n) is 8.26. The molecule has 1 aliphatic heterocycles. The molecule has 0 amide bonds. The molecule has 0 aromatic carbocycles. The molecule has 0 spiro atoms. The molecule has 5 heteroatoms. The Morgan fingerprint density at radius 1 is 1.47 bits per heavy atom. The van der Waals surface area contributed by atoms with Crippen LogP contribution in [0.25, 0.3) is 0 Å². The Bertz CT molecular complexity index is 342. The van der Waals surface area contributed by atoms with Crippen LogP contribution in [-0.4, -0.2) is 27.6 Å². The summed E-state index contributed by atoms with van der Waals surface area (Å²) in [4.78, 5) is 18.9. The molecule has 1 aromatic heterocycles. The molecule has 1 aromatic rings. The van der Waals surface area contributed by atoms with E-state index < -0.39 is 5.97 Å². The van der Waals surface area contributed by atoms with Crippen LogP contribution in [0, 0.1) is 5.92 Å². The average Bonchev–Trinajstić information content (AvgIpc) is 2.30. The van der Waals surface area contributed by atoms with E-state index in [1.54, 1.807) is 12.4 Å². The minimum absolute atomic E-state index is 0.155. The Kier molecular flexibility index (Phi) is 2.91. The summed E-state index contributed by atoms with van der Waals surface area (Å²) >= 11 is 0.